The maximum absolute atomic E-state index is 9.50. The van der Waals surface area contributed by atoms with Crippen molar-refractivity contribution in [3.63, 3.8) is 0 Å². The second kappa shape index (κ2) is 16.0. The Bertz CT molecular complexity index is 3190. The van der Waals surface area contributed by atoms with Crippen LogP contribution in [0, 0.1) is 0 Å². The lowest BCUT2D eigenvalue weighted by molar-refractivity contribution is 1.28. The third-order valence-electron chi connectivity index (χ3n) is 11.0. The van der Waals surface area contributed by atoms with E-state index in [1.165, 1.54) is 10.8 Å². The summed E-state index contributed by atoms with van der Waals surface area (Å²) in [7, 11) is 0. The predicted molar refractivity (Wildman–Crippen MR) is 251 cm³/mol. The van der Waals surface area contributed by atoms with Crippen molar-refractivity contribution in [1.82, 2.24) is 0 Å². The summed E-state index contributed by atoms with van der Waals surface area (Å²) in [6.07, 6.45) is 0. The van der Waals surface area contributed by atoms with Gasteiger partial charge in [0.25, 0.3) is 0 Å². The summed E-state index contributed by atoms with van der Waals surface area (Å²) < 4.78 is 37.7. The molecular formula is C58H41N. The number of hydrogen-bond donors (Lipinski definition) is 0. The van der Waals surface area contributed by atoms with Crippen LogP contribution in [0.3, 0.4) is 0 Å². The minimum Gasteiger partial charge on any atom is -0.311 e. The summed E-state index contributed by atoms with van der Waals surface area (Å²) in [5.74, 6) is 0. The van der Waals surface area contributed by atoms with Crippen LogP contribution in [0.25, 0.3) is 77.5 Å². The molecule has 0 saturated carbocycles. The summed E-state index contributed by atoms with van der Waals surface area (Å²) >= 11 is 0. The molecule has 0 N–H and O–H groups in total. The maximum Gasteiger partial charge on any atom is 0.0645 e. The van der Waals surface area contributed by atoms with Gasteiger partial charge in [0.15, 0.2) is 0 Å². The molecule has 59 heavy (non-hydrogen) atoms. The highest BCUT2D eigenvalue weighted by Crippen LogP contribution is 2.39. The molecule has 0 heterocycles. The zero-order valence-corrected chi connectivity index (χ0v) is 32.3. The molecule has 0 unspecified atom stereocenters. The highest BCUT2D eigenvalue weighted by molar-refractivity contribution is 5.88. The molecular weight excluding hydrogens is 711 g/mol. The summed E-state index contributed by atoms with van der Waals surface area (Å²) in [5.41, 5.74) is 13.3. The number of benzene rings is 10. The van der Waals surface area contributed by atoms with Crippen LogP contribution >= 0.6 is 0 Å². The molecule has 0 bridgehead atoms. The third-order valence-corrected chi connectivity index (χ3v) is 11.0. The molecule has 1 nitrogen and oxygen atoms in total. The van der Waals surface area contributed by atoms with Gasteiger partial charge in [0.1, 0.15) is 0 Å². The van der Waals surface area contributed by atoms with Crippen LogP contribution in [0.5, 0.6) is 0 Å². The fourth-order valence-corrected chi connectivity index (χ4v) is 7.77. The summed E-state index contributed by atoms with van der Waals surface area (Å²) in [6.45, 7) is 0. The van der Waals surface area contributed by atoms with Crippen LogP contribution in [0.2, 0.25) is 0 Å². The first-order valence-corrected chi connectivity index (χ1v) is 19.9. The van der Waals surface area contributed by atoms with Crippen LogP contribution in [-0.2, 0) is 0 Å². The number of hydrogen-bond acceptors (Lipinski definition) is 1. The molecule has 0 aromatic heterocycles. The van der Waals surface area contributed by atoms with Gasteiger partial charge in [0, 0.05) is 17.1 Å². The number of rotatable bonds is 9. The van der Waals surface area contributed by atoms with Gasteiger partial charge in [0.2, 0.25) is 0 Å². The first-order chi connectivity index (χ1) is 30.9. The van der Waals surface area contributed by atoms with Gasteiger partial charge in [-0.25, -0.2) is 0 Å². The first-order valence-electron chi connectivity index (χ1n) is 21.9. The van der Waals surface area contributed by atoms with Crippen LogP contribution in [0.4, 0.5) is 17.1 Å². The Hall–Kier alpha value is -7.74. The molecule has 0 spiro atoms. The second-order valence-corrected chi connectivity index (χ2v) is 14.7. The topological polar surface area (TPSA) is 3.24 Å². The summed E-state index contributed by atoms with van der Waals surface area (Å²) in [5, 5.41) is 2.40. The van der Waals surface area contributed by atoms with Crippen LogP contribution in [0.1, 0.15) is 5.48 Å². The molecule has 0 aliphatic heterocycles. The molecule has 0 atom stereocenters. The number of anilines is 3. The van der Waals surface area contributed by atoms with Crippen molar-refractivity contribution in [2.75, 3.05) is 4.90 Å². The number of nitrogens with zero attached hydrogens (tertiary/aromatic N) is 1. The molecule has 0 radical (unpaired) electrons. The monoisotopic (exact) mass is 755 g/mol. The van der Waals surface area contributed by atoms with Gasteiger partial charge in [0.05, 0.1) is 5.48 Å². The first kappa shape index (κ1) is 31.4. The molecule has 0 fully saturated rings. The normalized spacial score (nSPS) is 12.0. The molecule has 10 rings (SSSR count). The SMILES string of the molecule is [2H]c1c([2H])c(N(c2ccc(-c3ccc(-c4ccccc4)cc3)cc2)c2ccc(-c3cccc(-c4ccc5ccccc5c4)c3)cc2)c([2H])c([2H])c1-c1ccc(-c2ccccc2)cc1. The average molecular weight is 756 g/mol. The fourth-order valence-electron chi connectivity index (χ4n) is 7.77. The van der Waals surface area contributed by atoms with Crippen molar-refractivity contribution in [2.24, 2.45) is 0 Å². The zero-order valence-electron chi connectivity index (χ0n) is 36.3. The maximum atomic E-state index is 9.50. The van der Waals surface area contributed by atoms with Crippen molar-refractivity contribution >= 4 is 27.8 Å². The zero-order chi connectivity index (χ0) is 42.9. The van der Waals surface area contributed by atoms with Gasteiger partial charge in [-0.05, 0) is 126 Å². The van der Waals surface area contributed by atoms with E-state index in [-0.39, 0.29) is 35.4 Å². The van der Waals surface area contributed by atoms with E-state index in [0.717, 1.165) is 55.6 Å². The molecule has 0 aliphatic rings. The Morgan fingerprint density at radius 3 is 1.07 bits per heavy atom. The van der Waals surface area contributed by atoms with E-state index in [2.05, 4.69) is 115 Å². The van der Waals surface area contributed by atoms with Crippen molar-refractivity contribution < 1.29 is 5.48 Å². The Balaban J connectivity index is 1.03. The Morgan fingerprint density at radius 2 is 0.559 bits per heavy atom. The van der Waals surface area contributed by atoms with Gasteiger partial charge in [-0.1, -0.05) is 200 Å². The predicted octanol–water partition coefficient (Wildman–Crippen LogP) is 16.3. The van der Waals surface area contributed by atoms with E-state index >= 15 is 0 Å². The van der Waals surface area contributed by atoms with E-state index in [9.17, 15) is 5.48 Å². The Kier molecular flexibility index (Phi) is 8.51. The fraction of sp³-hybridized carbons (Fsp3) is 0. The molecule has 10 aromatic rings. The largest absolute Gasteiger partial charge is 0.311 e. The van der Waals surface area contributed by atoms with Crippen LogP contribution in [-0.4, -0.2) is 0 Å². The summed E-state index contributed by atoms with van der Waals surface area (Å²) in [6, 6.07) is 75.8. The highest BCUT2D eigenvalue weighted by atomic mass is 15.1. The lowest BCUT2D eigenvalue weighted by Gasteiger charge is -2.26. The number of fused-ring (bicyclic) bond motifs is 1. The Labute approximate surface area is 352 Å². The highest BCUT2D eigenvalue weighted by Gasteiger charge is 2.14. The van der Waals surface area contributed by atoms with E-state index in [4.69, 9.17) is 0 Å². The van der Waals surface area contributed by atoms with Crippen molar-refractivity contribution in [2.45, 2.75) is 0 Å². The lowest BCUT2D eigenvalue weighted by atomic mass is 9.97. The van der Waals surface area contributed by atoms with Crippen molar-refractivity contribution in [3.8, 4) is 66.8 Å². The average Bonchev–Trinajstić information content (AvgIpc) is 3.35. The van der Waals surface area contributed by atoms with Gasteiger partial charge in [-0.15, -0.1) is 0 Å². The minimum atomic E-state index is -0.120. The molecule has 1 heteroatoms. The Morgan fingerprint density at radius 1 is 0.220 bits per heavy atom. The molecule has 10 aromatic carbocycles. The van der Waals surface area contributed by atoms with E-state index in [1.807, 2.05) is 114 Å². The molecule has 278 valence electrons. The van der Waals surface area contributed by atoms with Crippen molar-refractivity contribution in [1.29, 1.82) is 0 Å². The van der Waals surface area contributed by atoms with Crippen LogP contribution < -0.4 is 4.90 Å². The quantitative estimate of drug-likeness (QED) is 0.142. The van der Waals surface area contributed by atoms with Crippen molar-refractivity contribution in [3.05, 3.63) is 249 Å². The third kappa shape index (κ3) is 7.58. The standard InChI is InChI=1S/C58H41N/c1-3-10-42(11-4-1)45-18-22-47(23-19-45)49-28-34-56(35-29-49)59(57-36-30-50(31-37-57)48-24-20-46(21-25-48)43-12-5-2-6-13-43)58-38-32-51(33-39-58)53-16-9-17-54(40-53)55-27-26-44-14-7-8-15-52(44)41-55/h1-41H/i28D,29D,34D,35D. The minimum absolute atomic E-state index is 0.0966. The van der Waals surface area contributed by atoms with Gasteiger partial charge in [-0.2, -0.15) is 0 Å². The van der Waals surface area contributed by atoms with E-state index in [1.54, 1.807) is 0 Å². The van der Waals surface area contributed by atoms with Gasteiger partial charge in [-0.3, -0.25) is 0 Å². The van der Waals surface area contributed by atoms with Gasteiger partial charge >= 0.3 is 0 Å². The molecule has 0 saturated heterocycles. The lowest BCUT2D eigenvalue weighted by Crippen LogP contribution is -2.09. The molecule has 0 aliphatic carbocycles. The van der Waals surface area contributed by atoms with Crippen LogP contribution in [0.15, 0.2) is 249 Å². The van der Waals surface area contributed by atoms with E-state index in [0.29, 0.717) is 16.9 Å². The second-order valence-electron chi connectivity index (χ2n) is 14.7. The summed E-state index contributed by atoms with van der Waals surface area (Å²) in [4.78, 5) is 1.85. The van der Waals surface area contributed by atoms with Gasteiger partial charge < -0.3 is 4.90 Å². The van der Waals surface area contributed by atoms with E-state index < -0.39 is 0 Å². The smallest absolute Gasteiger partial charge is 0.0645 e. The molecule has 0 amide bonds.